The van der Waals surface area contributed by atoms with Crippen molar-refractivity contribution in [1.29, 1.82) is 0 Å². The molecule has 0 amide bonds. The van der Waals surface area contributed by atoms with E-state index in [1.54, 1.807) is 33.5 Å². The summed E-state index contributed by atoms with van der Waals surface area (Å²) in [6, 6.07) is 7.15. The van der Waals surface area contributed by atoms with E-state index in [2.05, 4.69) is 16.6 Å². The molecular formula is C18H21Cl2NO3. The van der Waals surface area contributed by atoms with Crippen LogP contribution in [-0.4, -0.2) is 32.6 Å². The maximum Gasteiger partial charge on any atom is 0.151 e. The second kappa shape index (κ2) is 10.3. The molecule has 4 nitrogen and oxygen atoms in total. The normalized spacial score (nSPS) is 11.2. The van der Waals surface area contributed by atoms with Crippen molar-refractivity contribution in [1.82, 2.24) is 4.98 Å². The first-order valence-corrected chi connectivity index (χ1v) is 8.05. The van der Waals surface area contributed by atoms with Crippen molar-refractivity contribution in [3.05, 3.63) is 57.3 Å². The molecule has 24 heavy (non-hydrogen) atoms. The summed E-state index contributed by atoms with van der Waals surface area (Å²) in [6.07, 6.45) is 2.89. The molecule has 0 N–H and O–H groups in total. The number of nitrogens with zero attached hydrogens (tertiary/aromatic N) is 1. The van der Waals surface area contributed by atoms with Crippen LogP contribution in [0.5, 0.6) is 5.75 Å². The molecule has 1 heterocycles. The number of pyridine rings is 1. The zero-order valence-electron chi connectivity index (χ0n) is 14.2. The maximum atomic E-state index is 10.7. The molecule has 0 saturated heterocycles. The van der Waals surface area contributed by atoms with E-state index < -0.39 is 0 Å². The van der Waals surface area contributed by atoms with Gasteiger partial charge in [0.05, 0.1) is 17.8 Å². The van der Waals surface area contributed by atoms with E-state index in [1.807, 2.05) is 12.1 Å². The van der Waals surface area contributed by atoms with Gasteiger partial charge in [-0.3, -0.25) is 9.78 Å². The highest BCUT2D eigenvalue weighted by Crippen LogP contribution is 2.32. The third-order valence-corrected chi connectivity index (χ3v) is 3.86. The van der Waals surface area contributed by atoms with Gasteiger partial charge in [0.1, 0.15) is 5.75 Å². The Labute approximate surface area is 152 Å². The molecule has 0 fully saturated rings. The summed E-state index contributed by atoms with van der Waals surface area (Å²) >= 11 is 12.2. The molecular weight excluding hydrogens is 349 g/mol. The number of halogens is 2. The number of ether oxygens (including phenoxy) is 2. The lowest BCUT2D eigenvalue weighted by molar-refractivity contribution is 0.112. The highest BCUT2D eigenvalue weighted by Gasteiger charge is 2.15. The van der Waals surface area contributed by atoms with E-state index in [4.69, 9.17) is 27.9 Å². The van der Waals surface area contributed by atoms with Gasteiger partial charge in [-0.1, -0.05) is 30.1 Å². The fourth-order valence-corrected chi connectivity index (χ4v) is 2.62. The molecule has 0 bridgehead atoms. The van der Waals surface area contributed by atoms with Gasteiger partial charge < -0.3 is 9.47 Å². The van der Waals surface area contributed by atoms with E-state index in [1.165, 1.54) is 6.20 Å². The average Bonchev–Trinajstić information content (AvgIpc) is 2.57. The van der Waals surface area contributed by atoms with Crippen LogP contribution in [0.25, 0.3) is 0 Å². The van der Waals surface area contributed by atoms with Crippen LogP contribution >= 0.6 is 23.2 Å². The molecule has 0 radical (unpaired) electrons. The lowest BCUT2D eigenvalue weighted by Gasteiger charge is -2.16. The molecule has 0 aliphatic carbocycles. The molecule has 6 heteroatoms. The second-order valence-corrected chi connectivity index (χ2v) is 6.06. The number of aldehydes is 1. The lowest BCUT2D eigenvalue weighted by Crippen LogP contribution is -2.04. The predicted molar refractivity (Wildman–Crippen MR) is 97.7 cm³/mol. The van der Waals surface area contributed by atoms with Gasteiger partial charge in [0.15, 0.2) is 6.29 Å². The number of carbonyl (C=O) groups excluding carboxylic acids is 1. The Hall–Kier alpha value is -1.62. The van der Waals surface area contributed by atoms with Gasteiger partial charge in [-0.15, -0.1) is 0 Å². The SMILES string of the molecule is COC.COc1ccc(Cl)cc1C(C)Cc1ncc(C=O)cc1Cl. The summed E-state index contributed by atoms with van der Waals surface area (Å²) in [5.74, 6) is 0.915. The largest absolute Gasteiger partial charge is 0.496 e. The molecule has 1 unspecified atom stereocenters. The molecule has 1 aromatic heterocycles. The Morgan fingerprint density at radius 2 is 1.88 bits per heavy atom. The molecule has 2 rings (SSSR count). The zero-order valence-corrected chi connectivity index (χ0v) is 15.7. The van der Waals surface area contributed by atoms with Gasteiger partial charge in [0.2, 0.25) is 0 Å². The number of aromatic nitrogens is 1. The van der Waals surface area contributed by atoms with Crippen LogP contribution < -0.4 is 4.74 Å². The maximum absolute atomic E-state index is 10.7. The van der Waals surface area contributed by atoms with Crippen molar-refractivity contribution < 1.29 is 14.3 Å². The number of hydrogen-bond donors (Lipinski definition) is 0. The highest BCUT2D eigenvalue weighted by atomic mass is 35.5. The van der Waals surface area contributed by atoms with Gasteiger partial charge in [-0.2, -0.15) is 0 Å². The van der Waals surface area contributed by atoms with E-state index in [-0.39, 0.29) is 5.92 Å². The molecule has 0 spiro atoms. The fraction of sp³-hybridized carbons (Fsp3) is 0.333. The van der Waals surface area contributed by atoms with Gasteiger partial charge in [-0.05, 0) is 42.2 Å². The summed E-state index contributed by atoms with van der Waals surface area (Å²) in [6.45, 7) is 2.06. The number of methoxy groups -OCH3 is 2. The number of rotatable bonds is 5. The molecule has 1 aromatic carbocycles. The van der Waals surface area contributed by atoms with E-state index in [0.29, 0.717) is 22.0 Å². The van der Waals surface area contributed by atoms with Crippen LogP contribution in [0.15, 0.2) is 30.5 Å². The van der Waals surface area contributed by atoms with Gasteiger partial charge in [-0.25, -0.2) is 0 Å². The molecule has 0 aliphatic rings. The summed E-state index contributed by atoms with van der Waals surface area (Å²) in [4.78, 5) is 15.0. The lowest BCUT2D eigenvalue weighted by atomic mass is 9.95. The monoisotopic (exact) mass is 369 g/mol. The second-order valence-electron chi connectivity index (χ2n) is 5.21. The highest BCUT2D eigenvalue weighted by molar-refractivity contribution is 6.31. The molecule has 130 valence electrons. The first-order valence-electron chi connectivity index (χ1n) is 7.29. The Kier molecular flexibility index (Phi) is 8.76. The minimum absolute atomic E-state index is 0.130. The van der Waals surface area contributed by atoms with Gasteiger partial charge in [0.25, 0.3) is 0 Å². The van der Waals surface area contributed by atoms with Crippen molar-refractivity contribution in [3.63, 3.8) is 0 Å². The Balaban J connectivity index is 0.000000891. The Bertz CT molecular complexity index is 677. The third-order valence-electron chi connectivity index (χ3n) is 3.30. The van der Waals surface area contributed by atoms with Crippen molar-refractivity contribution in [3.8, 4) is 5.75 Å². The van der Waals surface area contributed by atoms with Crippen LogP contribution in [0, 0.1) is 0 Å². The molecule has 2 aromatic rings. The topological polar surface area (TPSA) is 48.4 Å². The fourth-order valence-electron chi connectivity index (χ4n) is 2.19. The van der Waals surface area contributed by atoms with Crippen molar-refractivity contribution >= 4 is 29.5 Å². The van der Waals surface area contributed by atoms with Crippen molar-refractivity contribution in [2.75, 3.05) is 21.3 Å². The van der Waals surface area contributed by atoms with Crippen LogP contribution in [0.1, 0.15) is 34.5 Å². The average molecular weight is 370 g/mol. The number of hydrogen-bond acceptors (Lipinski definition) is 4. The van der Waals surface area contributed by atoms with Gasteiger partial charge >= 0.3 is 0 Å². The summed E-state index contributed by atoms with van der Waals surface area (Å²) in [5, 5.41) is 1.15. The number of benzene rings is 1. The van der Waals surface area contributed by atoms with Crippen LogP contribution in [0.2, 0.25) is 10.0 Å². The minimum atomic E-state index is 0.130. The Morgan fingerprint density at radius 1 is 1.21 bits per heavy atom. The van der Waals surface area contributed by atoms with Crippen LogP contribution in [0.3, 0.4) is 0 Å². The first kappa shape index (κ1) is 20.4. The number of carbonyl (C=O) groups is 1. The Morgan fingerprint density at radius 3 is 2.42 bits per heavy atom. The summed E-state index contributed by atoms with van der Waals surface area (Å²) in [5.41, 5.74) is 2.22. The van der Waals surface area contributed by atoms with Crippen LogP contribution in [-0.2, 0) is 11.2 Å². The van der Waals surface area contributed by atoms with Crippen LogP contribution in [0.4, 0.5) is 0 Å². The molecule has 0 aliphatic heterocycles. The van der Waals surface area contributed by atoms with Gasteiger partial charge in [0, 0.05) is 31.0 Å². The van der Waals surface area contributed by atoms with E-state index in [0.717, 1.165) is 23.3 Å². The third kappa shape index (κ3) is 5.78. The standard InChI is InChI=1S/C16H15Cl2NO2.C2H6O/c1-10(13-7-12(17)3-4-16(13)21-2)5-15-14(18)6-11(9-20)8-19-15;1-3-2/h3-4,6-10H,5H2,1-2H3;1-2H3. The first-order chi connectivity index (χ1) is 11.5. The zero-order chi connectivity index (χ0) is 18.1. The van der Waals surface area contributed by atoms with E-state index in [9.17, 15) is 4.79 Å². The van der Waals surface area contributed by atoms with E-state index >= 15 is 0 Å². The summed E-state index contributed by atoms with van der Waals surface area (Å²) in [7, 11) is 4.88. The predicted octanol–water partition coefficient (Wildman–Crippen LogP) is 4.82. The quantitative estimate of drug-likeness (QED) is 0.708. The van der Waals surface area contributed by atoms with Crippen molar-refractivity contribution in [2.45, 2.75) is 19.3 Å². The minimum Gasteiger partial charge on any atom is -0.496 e. The smallest absolute Gasteiger partial charge is 0.151 e. The molecule has 1 atom stereocenters. The molecule has 0 saturated carbocycles. The van der Waals surface area contributed by atoms with Crippen molar-refractivity contribution in [2.24, 2.45) is 0 Å². The summed E-state index contributed by atoms with van der Waals surface area (Å²) < 4.78 is 9.62.